The Hall–Kier alpha value is -4.04. The van der Waals surface area contributed by atoms with E-state index in [-0.39, 0.29) is 11.6 Å². The van der Waals surface area contributed by atoms with Crippen LogP contribution >= 0.6 is 0 Å². The van der Waals surface area contributed by atoms with Gasteiger partial charge < -0.3 is 14.8 Å². The Morgan fingerprint density at radius 2 is 1.82 bits per heavy atom. The van der Waals surface area contributed by atoms with Crippen molar-refractivity contribution >= 4 is 18.1 Å². The molecule has 0 bridgehead atoms. The number of rotatable bonds is 5. The summed E-state index contributed by atoms with van der Waals surface area (Å²) in [5, 5.41) is 12.3. The molecule has 5 rings (SSSR count). The van der Waals surface area contributed by atoms with E-state index in [1.165, 1.54) is 6.07 Å². The first-order valence-corrected chi connectivity index (χ1v) is 13.4. The summed E-state index contributed by atoms with van der Waals surface area (Å²) in [5.41, 5.74) is 1.86. The molecule has 2 aromatic rings. The molecule has 0 spiro atoms. The first-order chi connectivity index (χ1) is 19.3. The van der Waals surface area contributed by atoms with Gasteiger partial charge in [-0.25, -0.2) is 28.1 Å². The Balaban J connectivity index is 1.22. The van der Waals surface area contributed by atoms with Crippen LogP contribution in [0.15, 0.2) is 42.5 Å². The molecular weight excluding hydrogens is 522 g/mol. The average molecular weight is 553 g/mol. The van der Waals surface area contributed by atoms with Gasteiger partial charge in [-0.15, -0.1) is 0 Å². The fraction of sp³-hybridized carbons (Fsp3) is 0.448. The first-order valence-electron chi connectivity index (χ1n) is 13.4. The Kier molecular flexibility index (Phi) is 7.98. The van der Waals surface area contributed by atoms with E-state index in [0.29, 0.717) is 24.9 Å². The topological polar surface area (TPSA) is 112 Å². The van der Waals surface area contributed by atoms with Crippen LogP contribution in [0.3, 0.4) is 0 Å². The summed E-state index contributed by atoms with van der Waals surface area (Å²) in [4.78, 5) is 41.4. The van der Waals surface area contributed by atoms with Crippen molar-refractivity contribution in [3.8, 4) is 6.07 Å². The average Bonchev–Trinajstić information content (AvgIpc) is 3.58. The highest BCUT2D eigenvalue weighted by Gasteiger charge is 2.51. The van der Waals surface area contributed by atoms with E-state index in [9.17, 15) is 28.4 Å². The van der Waals surface area contributed by atoms with Gasteiger partial charge in [0.2, 0.25) is 6.10 Å². The van der Waals surface area contributed by atoms with Crippen molar-refractivity contribution in [3.63, 3.8) is 0 Å². The third-order valence-electron chi connectivity index (χ3n) is 8.21. The molecule has 3 amide bonds. The maximum atomic E-state index is 14.0. The summed E-state index contributed by atoms with van der Waals surface area (Å²) in [6, 6.07) is 10.9. The van der Waals surface area contributed by atoms with Gasteiger partial charge in [0.25, 0.3) is 0 Å². The van der Waals surface area contributed by atoms with E-state index >= 15 is 0 Å². The molecule has 0 aromatic heterocycles. The zero-order valence-corrected chi connectivity index (χ0v) is 22.0. The number of urea groups is 1. The van der Waals surface area contributed by atoms with Gasteiger partial charge in [-0.1, -0.05) is 24.3 Å². The highest BCUT2D eigenvalue weighted by molar-refractivity contribution is 5.96. The van der Waals surface area contributed by atoms with Crippen LogP contribution in [0.25, 0.3) is 0 Å². The van der Waals surface area contributed by atoms with Crippen LogP contribution in [0.2, 0.25) is 0 Å². The lowest BCUT2D eigenvalue weighted by Gasteiger charge is -2.35. The molecule has 1 N–H and O–H groups in total. The number of hydrogen-bond donors (Lipinski definition) is 1. The molecule has 2 saturated heterocycles. The van der Waals surface area contributed by atoms with Crippen molar-refractivity contribution in [1.29, 1.82) is 5.26 Å². The molecule has 0 unspecified atom stereocenters. The zero-order chi connectivity index (χ0) is 28.4. The largest absolute Gasteiger partial charge is 0.466 e. The molecule has 1 aliphatic carbocycles. The van der Waals surface area contributed by atoms with E-state index in [2.05, 4.69) is 16.3 Å². The van der Waals surface area contributed by atoms with E-state index in [4.69, 9.17) is 9.47 Å². The molecule has 1 saturated carbocycles. The van der Waals surface area contributed by atoms with E-state index in [1.807, 2.05) is 24.3 Å². The van der Waals surface area contributed by atoms with Crippen LogP contribution < -0.4 is 5.32 Å². The Bertz CT molecular complexity index is 1340. The van der Waals surface area contributed by atoms with Crippen molar-refractivity contribution < 1.29 is 32.6 Å². The van der Waals surface area contributed by atoms with Gasteiger partial charge in [0, 0.05) is 25.2 Å². The number of cyclic esters (lactones) is 1. The van der Waals surface area contributed by atoms with E-state index in [0.717, 1.165) is 67.5 Å². The SMILES string of the molecule is COC(=O)[C@@H]1OC(=O)N(C(=O)N[C@@H]2CCN([C@H]3CC[C@H](c4ccccc4C#N)CC3)C2)[C@H]1c1ccc(F)c(F)c1. The number of likely N-dealkylation sites (tertiary alicyclic amines) is 1. The van der Waals surface area contributed by atoms with Gasteiger partial charge in [-0.05, 0) is 67.3 Å². The zero-order valence-electron chi connectivity index (χ0n) is 22.0. The lowest BCUT2D eigenvalue weighted by atomic mass is 9.80. The fourth-order valence-electron chi connectivity index (χ4n) is 6.19. The quantitative estimate of drug-likeness (QED) is 0.548. The number of ether oxygens (including phenoxy) is 2. The molecule has 40 heavy (non-hydrogen) atoms. The summed E-state index contributed by atoms with van der Waals surface area (Å²) >= 11 is 0. The number of methoxy groups -OCH3 is 1. The molecule has 0 radical (unpaired) electrons. The molecule has 9 nitrogen and oxygen atoms in total. The Morgan fingerprint density at radius 1 is 1.07 bits per heavy atom. The molecule has 210 valence electrons. The van der Waals surface area contributed by atoms with Crippen LogP contribution in [0.4, 0.5) is 18.4 Å². The van der Waals surface area contributed by atoms with Crippen molar-refractivity contribution in [2.24, 2.45) is 0 Å². The number of esters is 1. The predicted octanol–water partition coefficient (Wildman–Crippen LogP) is 4.38. The molecule has 2 aliphatic heterocycles. The molecule has 11 heteroatoms. The van der Waals surface area contributed by atoms with Crippen molar-refractivity contribution in [3.05, 3.63) is 70.8 Å². The molecule has 2 aromatic carbocycles. The van der Waals surface area contributed by atoms with Crippen LogP contribution in [0.5, 0.6) is 0 Å². The van der Waals surface area contributed by atoms with Crippen LogP contribution in [-0.2, 0) is 14.3 Å². The summed E-state index contributed by atoms with van der Waals surface area (Å²) in [7, 11) is 1.10. The number of nitrogens with zero attached hydrogens (tertiary/aromatic N) is 3. The highest BCUT2D eigenvalue weighted by atomic mass is 19.2. The molecule has 3 aliphatic rings. The van der Waals surface area contributed by atoms with Gasteiger partial charge in [0.1, 0.15) is 6.04 Å². The second-order valence-electron chi connectivity index (χ2n) is 10.5. The fourth-order valence-corrected chi connectivity index (χ4v) is 6.19. The maximum absolute atomic E-state index is 14.0. The summed E-state index contributed by atoms with van der Waals surface area (Å²) in [6.45, 7) is 1.37. The van der Waals surface area contributed by atoms with Crippen molar-refractivity contribution in [2.45, 2.75) is 62.3 Å². The number of carbonyl (C=O) groups excluding carboxylic acids is 3. The monoisotopic (exact) mass is 552 g/mol. The first kappa shape index (κ1) is 27.5. The molecular formula is C29H30F2N4O5. The molecule has 2 heterocycles. The third kappa shape index (κ3) is 5.36. The van der Waals surface area contributed by atoms with Gasteiger partial charge in [-0.3, -0.25) is 4.90 Å². The van der Waals surface area contributed by atoms with Crippen molar-refractivity contribution in [2.75, 3.05) is 20.2 Å². The minimum absolute atomic E-state index is 0.0260. The lowest BCUT2D eigenvalue weighted by Crippen LogP contribution is -2.48. The van der Waals surface area contributed by atoms with E-state index < -0.39 is 41.9 Å². The van der Waals surface area contributed by atoms with Gasteiger partial charge in [-0.2, -0.15) is 5.26 Å². The molecule has 3 fully saturated rings. The number of amides is 3. The summed E-state index contributed by atoms with van der Waals surface area (Å²) in [6.07, 6.45) is 1.97. The van der Waals surface area contributed by atoms with Crippen LogP contribution in [0, 0.1) is 23.0 Å². The predicted molar refractivity (Wildman–Crippen MR) is 138 cm³/mol. The van der Waals surface area contributed by atoms with Crippen molar-refractivity contribution in [1.82, 2.24) is 15.1 Å². The second-order valence-corrected chi connectivity index (χ2v) is 10.5. The second kappa shape index (κ2) is 11.6. The number of imide groups is 1. The third-order valence-corrected chi connectivity index (χ3v) is 8.21. The number of nitrogens with one attached hydrogen (secondary N) is 1. The Morgan fingerprint density at radius 3 is 2.52 bits per heavy atom. The van der Waals surface area contributed by atoms with Crippen LogP contribution in [-0.4, -0.2) is 66.3 Å². The van der Waals surface area contributed by atoms with Crippen LogP contribution in [0.1, 0.15) is 60.8 Å². The maximum Gasteiger partial charge on any atom is 0.419 e. The number of halogens is 2. The van der Waals surface area contributed by atoms with E-state index in [1.54, 1.807) is 0 Å². The Labute approximate surface area is 230 Å². The molecule has 3 atom stereocenters. The smallest absolute Gasteiger partial charge is 0.419 e. The summed E-state index contributed by atoms with van der Waals surface area (Å²) in [5.74, 6) is -2.85. The van der Waals surface area contributed by atoms with Gasteiger partial charge in [0.05, 0.1) is 18.7 Å². The summed E-state index contributed by atoms with van der Waals surface area (Å²) < 4.78 is 37.4. The van der Waals surface area contributed by atoms with Gasteiger partial charge in [0.15, 0.2) is 11.6 Å². The van der Waals surface area contributed by atoms with Gasteiger partial charge >= 0.3 is 18.1 Å². The highest BCUT2D eigenvalue weighted by Crippen LogP contribution is 2.38. The lowest BCUT2D eigenvalue weighted by molar-refractivity contribution is -0.150. The number of hydrogen-bond acceptors (Lipinski definition) is 7. The minimum Gasteiger partial charge on any atom is -0.466 e. The number of carbonyl (C=O) groups is 3. The standard InChI is InChI=1S/C29H30F2N4O5/c1-39-27(36)26-25(18-8-11-23(30)24(31)14-18)35(29(38)40-26)28(37)33-20-12-13-34(16-20)21-9-6-17(7-10-21)22-5-3-2-4-19(22)15-32/h2-5,8,11,14,17,20-21,25-26H,6-7,9-10,12-13,16H2,1H3,(H,33,37)/t17-,20-,21-,25+,26-/m1/s1. The minimum atomic E-state index is -1.52. The number of nitriles is 1. The number of benzene rings is 2. The normalized spacial score (nSPS) is 26.7.